The topological polar surface area (TPSA) is 21.3 Å². The van der Waals surface area contributed by atoms with E-state index in [-0.39, 0.29) is 0 Å². The van der Waals surface area contributed by atoms with Crippen LogP contribution in [0.2, 0.25) is 0 Å². The van der Waals surface area contributed by atoms with Crippen LogP contribution < -0.4 is 5.32 Å². The maximum absolute atomic E-state index is 5.17. The van der Waals surface area contributed by atoms with E-state index in [0.29, 0.717) is 12.1 Å². The molecule has 2 atom stereocenters. The second-order valence-electron chi connectivity index (χ2n) is 3.08. The molecule has 0 rings (SSSR count). The molecule has 0 fully saturated rings. The number of hydrogen-bond acceptors (Lipinski definition) is 2. The number of hydrogen-bond donors (Lipinski definition) is 1. The van der Waals surface area contributed by atoms with Gasteiger partial charge in [0.15, 0.2) is 0 Å². The summed E-state index contributed by atoms with van der Waals surface area (Å²) < 4.78 is 5.17. The highest BCUT2D eigenvalue weighted by Crippen LogP contribution is 2.01. The van der Waals surface area contributed by atoms with Gasteiger partial charge in [0.05, 0.1) is 6.10 Å². The first-order valence-electron chi connectivity index (χ1n) is 4.63. The molecule has 0 bridgehead atoms. The summed E-state index contributed by atoms with van der Waals surface area (Å²) in [6.45, 7) is 9.07. The van der Waals surface area contributed by atoms with Crippen molar-refractivity contribution in [1.82, 2.24) is 5.32 Å². The van der Waals surface area contributed by atoms with Gasteiger partial charge in [-0.3, -0.25) is 0 Å². The van der Waals surface area contributed by atoms with Crippen LogP contribution in [0.15, 0.2) is 12.7 Å². The third-order valence-corrected chi connectivity index (χ3v) is 1.93. The quantitative estimate of drug-likeness (QED) is 0.591. The predicted octanol–water partition coefficient (Wildman–Crippen LogP) is 1.97. The van der Waals surface area contributed by atoms with Crippen molar-refractivity contribution in [2.24, 2.45) is 0 Å². The molecule has 0 spiro atoms. The molecule has 0 saturated carbocycles. The zero-order valence-corrected chi connectivity index (χ0v) is 8.47. The van der Waals surface area contributed by atoms with Gasteiger partial charge in [0.2, 0.25) is 0 Å². The smallest absolute Gasteiger partial charge is 0.0561 e. The summed E-state index contributed by atoms with van der Waals surface area (Å²) in [5.74, 6) is 0. The molecule has 0 heterocycles. The highest BCUT2D eigenvalue weighted by Gasteiger charge is 2.07. The normalized spacial score (nSPS) is 15.6. The minimum absolute atomic E-state index is 0.303. The second kappa shape index (κ2) is 7.32. The van der Waals surface area contributed by atoms with Crippen molar-refractivity contribution >= 4 is 0 Å². The van der Waals surface area contributed by atoms with E-state index in [1.165, 1.54) is 0 Å². The van der Waals surface area contributed by atoms with Gasteiger partial charge in [-0.2, -0.15) is 0 Å². The van der Waals surface area contributed by atoms with Gasteiger partial charge in [-0.1, -0.05) is 13.0 Å². The summed E-state index contributed by atoms with van der Waals surface area (Å²) in [6.07, 6.45) is 4.41. The van der Waals surface area contributed by atoms with Crippen LogP contribution >= 0.6 is 0 Å². The molecule has 0 aliphatic carbocycles. The zero-order chi connectivity index (χ0) is 9.40. The van der Waals surface area contributed by atoms with Gasteiger partial charge in [0.1, 0.15) is 0 Å². The number of methoxy groups -OCH3 is 1. The summed E-state index contributed by atoms with van der Waals surface area (Å²) in [6, 6.07) is 0.389. The first-order valence-corrected chi connectivity index (χ1v) is 4.63. The Bertz CT molecular complexity index is 114. The summed E-state index contributed by atoms with van der Waals surface area (Å²) in [4.78, 5) is 0. The van der Waals surface area contributed by atoms with Crippen molar-refractivity contribution in [3.63, 3.8) is 0 Å². The number of rotatable bonds is 7. The van der Waals surface area contributed by atoms with E-state index in [1.807, 2.05) is 6.08 Å². The Labute approximate surface area is 76.0 Å². The molecule has 0 aliphatic heterocycles. The largest absolute Gasteiger partial charge is 0.382 e. The Morgan fingerprint density at radius 1 is 1.58 bits per heavy atom. The fraction of sp³-hybridized carbons (Fsp3) is 0.800. The van der Waals surface area contributed by atoms with E-state index in [0.717, 1.165) is 19.4 Å². The fourth-order valence-corrected chi connectivity index (χ4v) is 1.05. The van der Waals surface area contributed by atoms with Crippen LogP contribution in [-0.2, 0) is 4.74 Å². The van der Waals surface area contributed by atoms with Gasteiger partial charge >= 0.3 is 0 Å². The molecule has 0 aromatic rings. The maximum atomic E-state index is 5.17. The van der Waals surface area contributed by atoms with Crippen LogP contribution in [0.3, 0.4) is 0 Å². The van der Waals surface area contributed by atoms with Crippen molar-refractivity contribution in [3.05, 3.63) is 12.7 Å². The molecule has 1 N–H and O–H groups in total. The average Bonchev–Trinajstić information content (AvgIpc) is 2.11. The van der Waals surface area contributed by atoms with Crippen molar-refractivity contribution < 1.29 is 4.74 Å². The van der Waals surface area contributed by atoms with Crippen molar-refractivity contribution in [1.29, 1.82) is 0 Å². The van der Waals surface area contributed by atoms with Gasteiger partial charge in [-0.05, 0) is 26.3 Å². The molecular weight excluding hydrogens is 150 g/mol. The Morgan fingerprint density at radius 2 is 2.25 bits per heavy atom. The van der Waals surface area contributed by atoms with Crippen LogP contribution in [0.5, 0.6) is 0 Å². The van der Waals surface area contributed by atoms with E-state index in [4.69, 9.17) is 4.74 Å². The molecule has 2 unspecified atom stereocenters. The monoisotopic (exact) mass is 171 g/mol. The van der Waals surface area contributed by atoms with Crippen molar-refractivity contribution in [2.75, 3.05) is 13.7 Å². The van der Waals surface area contributed by atoms with E-state index in [2.05, 4.69) is 25.7 Å². The van der Waals surface area contributed by atoms with Crippen LogP contribution in [0, 0.1) is 0 Å². The number of ether oxygens (including phenoxy) is 1. The van der Waals surface area contributed by atoms with Crippen LogP contribution in [0.25, 0.3) is 0 Å². The highest BCUT2D eigenvalue weighted by molar-refractivity contribution is 4.86. The van der Waals surface area contributed by atoms with Gasteiger partial charge < -0.3 is 10.1 Å². The summed E-state index contributed by atoms with van der Waals surface area (Å²) in [7, 11) is 1.74. The van der Waals surface area contributed by atoms with E-state index in [1.54, 1.807) is 7.11 Å². The Morgan fingerprint density at radius 3 is 2.67 bits per heavy atom. The zero-order valence-electron chi connectivity index (χ0n) is 8.47. The predicted molar refractivity (Wildman–Crippen MR) is 53.4 cm³/mol. The molecule has 0 aromatic heterocycles. The molecular formula is C10H21NO. The second-order valence-corrected chi connectivity index (χ2v) is 3.08. The van der Waals surface area contributed by atoms with Crippen molar-refractivity contribution in [2.45, 2.75) is 38.8 Å². The average molecular weight is 171 g/mol. The Hall–Kier alpha value is -0.340. The molecule has 0 radical (unpaired) electrons. The standard InChI is InChI=1S/C10H21NO/c1-5-7-11-10(6-2)8-9(3)12-4/h6,9-11H,2,5,7-8H2,1,3-4H3. The van der Waals surface area contributed by atoms with Gasteiger partial charge in [-0.25, -0.2) is 0 Å². The summed E-state index contributed by atoms with van der Waals surface area (Å²) in [5.41, 5.74) is 0. The minimum Gasteiger partial charge on any atom is -0.382 e. The SMILES string of the molecule is C=CC(CC(C)OC)NCCC. The molecule has 0 amide bonds. The summed E-state index contributed by atoms with van der Waals surface area (Å²) >= 11 is 0. The molecule has 12 heavy (non-hydrogen) atoms. The lowest BCUT2D eigenvalue weighted by molar-refractivity contribution is 0.105. The van der Waals surface area contributed by atoms with E-state index < -0.39 is 0 Å². The highest BCUT2D eigenvalue weighted by atomic mass is 16.5. The van der Waals surface area contributed by atoms with Crippen LogP contribution in [-0.4, -0.2) is 25.8 Å². The first-order chi connectivity index (χ1) is 5.74. The van der Waals surface area contributed by atoms with Crippen LogP contribution in [0.1, 0.15) is 26.7 Å². The Balaban J connectivity index is 3.59. The molecule has 0 aromatic carbocycles. The third kappa shape index (κ3) is 5.33. The van der Waals surface area contributed by atoms with Gasteiger partial charge in [0, 0.05) is 13.2 Å². The lowest BCUT2D eigenvalue weighted by Gasteiger charge is -2.17. The minimum atomic E-state index is 0.303. The van der Waals surface area contributed by atoms with Gasteiger partial charge in [0.25, 0.3) is 0 Å². The Kier molecular flexibility index (Phi) is 7.11. The van der Waals surface area contributed by atoms with Crippen LogP contribution in [0.4, 0.5) is 0 Å². The maximum Gasteiger partial charge on any atom is 0.0561 e. The fourth-order valence-electron chi connectivity index (χ4n) is 1.05. The van der Waals surface area contributed by atoms with Gasteiger partial charge in [-0.15, -0.1) is 6.58 Å². The van der Waals surface area contributed by atoms with E-state index in [9.17, 15) is 0 Å². The molecule has 2 nitrogen and oxygen atoms in total. The molecule has 72 valence electrons. The van der Waals surface area contributed by atoms with Crippen molar-refractivity contribution in [3.8, 4) is 0 Å². The van der Waals surface area contributed by atoms with E-state index >= 15 is 0 Å². The molecule has 2 heteroatoms. The summed E-state index contributed by atoms with van der Waals surface area (Å²) in [5, 5.41) is 3.39. The number of nitrogens with one attached hydrogen (secondary N) is 1. The lowest BCUT2D eigenvalue weighted by Crippen LogP contribution is -2.31. The molecule has 0 aliphatic rings. The molecule has 0 saturated heterocycles. The third-order valence-electron chi connectivity index (χ3n) is 1.93. The first kappa shape index (κ1) is 11.7. The lowest BCUT2D eigenvalue weighted by atomic mass is 10.1.